The molecule has 3 heterocycles. The van der Waals surface area contributed by atoms with E-state index >= 15 is 0 Å². The third-order valence-corrected chi connectivity index (χ3v) is 5.95. The molecule has 1 atom stereocenters. The first kappa shape index (κ1) is 14.5. The summed E-state index contributed by atoms with van der Waals surface area (Å²) in [6.07, 6.45) is 4.07. The zero-order chi connectivity index (χ0) is 15.9. The van der Waals surface area contributed by atoms with E-state index in [-0.39, 0.29) is 10.9 Å². The van der Waals surface area contributed by atoms with Gasteiger partial charge in [0.1, 0.15) is 13.2 Å². The molecule has 0 aliphatic carbocycles. The molecule has 8 nitrogen and oxygen atoms in total. The molecule has 122 valence electrons. The van der Waals surface area contributed by atoms with Crippen molar-refractivity contribution in [3.05, 3.63) is 30.6 Å². The van der Waals surface area contributed by atoms with Crippen LogP contribution in [0.25, 0.3) is 0 Å². The molecule has 2 aliphatic heterocycles. The Balaban J connectivity index is 1.58. The van der Waals surface area contributed by atoms with Gasteiger partial charge in [-0.1, -0.05) is 5.21 Å². The summed E-state index contributed by atoms with van der Waals surface area (Å²) >= 11 is 0. The zero-order valence-electron chi connectivity index (χ0n) is 12.3. The van der Waals surface area contributed by atoms with E-state index in [2.05, 4.69) is 10.3 Å². The molecule has 0 saturated carbocycles. The van der Waals surface area contributed by atoms with Crippen molar-refractivity contribution >= 4 is 10.0 Å². The summed E-state index contributed by atoms with van der Waals surface area (Å²) in [5.74, 6) is 1.06. The predicted molar refractivity (Wildman–Crippen MR) is 79.9 cm³/mol. The first-order valence-corrected chi connectivity index (χ1v) is 8.84. The molecular formula is C14H16N4O4S. The number of benzene rings is 1. The van der Waals surface area contributed by atoms with Crippen molar-refractivity contribution in [1.82, 2.24) is 19.3 Å². The maximum Gasteiger partial charge on any atom is 0.243 e. The van der Waals surface area contributed by atoms with Crippen LogP contribution in [0.15, 0.2) is 35.5 Å². The monoisotopic (exact) mass is 336 g/mol. The number of rotatable bonds is 3. The Bertz CT molecular complexity index is 806. The Morgan fingerprint density at radius 2 is 2.00 bits per heavy atom. The van der Waals surface area contributed by atoms with Crippen molar-refractivity contribution in [3.8, 4) is 11.5 Å². The molecule has 9 heteroatoms. The summed E-state index contributed by atoms with van der Waals surface area (Å²) in [5.41, 5.74) is 0. The van der Waals surface area contributed by atoms with Gasteiger partial charge in [0.25, 0.3) is 0 Å². The van der Waals surface area contributed by atoms with E-state index in [9.17, 15) is 8.42 Å². The lowest BCUT2D eigenvalue weighted by Crippen LogP contribution is -2.29. The molecule has 0 bridgehead atoms. The van der Waals surface area contributed by atoms with Crippen molar-refractivity contribution in [1.29, 1.82) is 0 Å². The molecule has 4 rings (SSSR count). The van der Waals surface area contributed by atoms with Crippen molar-refractivity contribution in [2.24, 2.45) is 0 Å². The number of hydrogen-bond donors (Lipinski definition) is 0. The van der Waals surface area contributed by atoms with Gasteiger partial charge in [-0.15, -0.1) is 5.10 Å². The quantitative estimate of drug-likeness (QED) is 0.819. The summed E-state index contributed by atoms with van der Waals surface area (Å²) in [4.78, 5) is 0.223. The molecule has 0 spiro atoms. The topological polar surface area (TPSA) is 86.6 Å². The number of fused-ring (bicyclic) bond motifs is 1. The smallest absolute Gasteiger partial charge is 0.243 e. The minimum Gasteiger partial charge on any atom is -0.486 e. The van der Waals surface area contributed by atoms with Gasteiger partial charge < -0.3 is 9.47 Å². The highest BCUT2D eigenvalue weighted by Crippen LogP contribution is 2.34. The standard InChI is InChI=1S/C14H16N4O4S/c19-23(20,12-1-2-13-14(9-12)22-8-7-21-13)17-5-3-11(10-17)18-6-4-15-16-18/h1-2,4,6,9,11H,3,5,7-8,10H2. The van der Waals surface area contributed by atoms with Crippen molar-refractivity contribution < 1.29 is 17.9 Å². The van der Waals surface area contributed by atoms with Crippen LogP contribution < -0.4 is 9.47 Å². The van der Waals surface area contributed by atoms with Crippen molar-refractivity contribution in [2.75, 3.05) is 26.3 Å². The zero-order valence-corrected chi connectivity index (χ0v) is 13.1. The van der Waals surface area contributed by atoms with Crippen LogP contribution >= 0.6 is 0 Å². The Kier molecular flexibility index (Phi) is 3.46. The molecule has 0 N–H and O–H groups in total. The van der Waals surface area contributed by atoms with Crippen LogP contribution in [0.2, 0.25) is 0 Å². The van der Waals surface area contributed by atoms with Crippen LogP contribution in [-0.4, -0.2) is 54.0 Å². The number of sulfonamides is 1. The Hall–Kier alpha value is -2.13. The first-order chi connectivity index (χ1) is 11.1. The Labute approximate surface area is 133 Å². The van der Waals surface area contributed by atoms with Gasteiger partial charge in [0, 0.05) is 25.4 Å². The van der Waals surface area contributed by atoms with Gasteiger partial charge >= 0.3 is 0 Å². The predicted octanol–water partition coefficient (Wildman–Crippen LogP) is 0.685. The van der Waals surface area contributed by atoms with Crippen LogP contribution in [0.1, 0.15) is 12.5 Å². The van der Waals surface area contributed by atoms with Gasteiger partial charge in [0.05, 0.1) is 17.1 Å². The minimum atomic E-state index is -3.56. The molecule has 1 fully saturated rings. The third-order valence-electron chi connectivity index (χ3n) is 4.09. The lowest BCUT2D eigenvalue weighted by atomic mass is 10.3. The number of hydrogen-bond acceptors (Lipinski definition) is 6. The molecule has 1 unspecified atom stereocenters. The summed E-state index contributed by atoms with van der Waals surface area (Å²) in [5, 5.41) is 7.73. The summed E-state index contributed by atoms with van der Waals surface area (Å²) in [6, 6.07) is 4.76. The lowest BCUT2D eigenvalue weighted by Gasteiger charge is -2.21. The molecule has 1 aromatic carbocycles. The summed E-state index contributed by atoms with van der Waals surface area (Å²) < 4.78 is 39.7. The van der Waals surface area contributed by atoms with E-state index in [0.29, 0.717) is 44.2 Å². The van der Waals surface area contributed by atoms with E-state index in [1.54, 1.807) is 29.2 Å². The Morgan fingerprint density at radius 3 is 2.78 bits per heavy atom. The van der Waals surface area contributed by atoms with Crippen LogP contribution in [0.4, 0.5) is 0 Å². The maximum atomic E-state index is 12.8. The SMILES string of the molecule is O=S(=O)(c1ccc2c(c1)OCCO2)N1CCC(n2ccnn2)C1. The van der Waals surface area contributed by atoms with Crippen LogP contribution in [-0.2, 0) is 10.0 Å². The lowest BCUT2D eigenvalue weighted by molar-refractivity contribution is 0.171. The van der Waals surface area contributed by atoms with Gasteiger partial charge in [0.2, 0.25) is 10.0 Å². The average Bonchev–Trinajstić information content (AvgIpc) is 3.25. The number of nitrogens with zero attached hydrogens (tertiary/aromatic N) is 4. The summed E-state index contributed by atoms with van der Waals surface area (Å²) in [7, 11) is -3.56. The largest absolute Gasteiger partial charge is 0.486 e. The number of ether oxygens (including phenoxy) is 2. The third kappa shape index (κ3) is 2.55. The minimum absolute atomic E-state index is 0.0180. The molecule has 2 aromatic rings. The van der Waals surface area contributed by atoms with Gasteiger partial charge in [-0.3, -0.25) is 0 Å². The fraction of sp³-hybridized carbons (Fsp3) is 0.429. The maximum absolute atomic E-state index is 12.8. The van der Waals surface area contributed by atoms with Gasteiger partial charge in [-0.05, 0) is 18.6 Å². The van der Waals surface area contributed by atoms with Gasteiger partial charge in [-0.2, -0.15) is 4.31 Å². The van der Waals surface area contributed by atoms with E-state index in [0.717, 1.165) is 0 Å². The van der Waals surface area contributed by atoms with Gasteiger partial charge in [0.15, 0.2) is 11.5 Å². The van der Waals surface area contributed by atoms with E-state index in [4.69, 9.17) is 9.47 Å². The summed E-state index contributed by atoms with van der Waals surface area (Å²) in [6.45, 7) is 1.75. The second kappa shape index (κ2) is 5.50. The molecule has 1 saturated heterocycles. The second-order valence-corrected chi connectivity index (χ2v) is 7.43. The highest BCUT2D eigenvalue weighted by atomic mass is 32.2. The van der Waals surface area contributed by atoms with Gasteiger partial charge in [-0.25, -0.2) is 13.1 Å². The van der Waals surface area contributed by atoms with E-state index in [1.807, 2.05) is 0 Å². The molecule has 2 aliphatic rings. The van der Waals surface area contributed by atoms with E-state index in [1.165, 1.54) is 10.4 Å². The first-order valence-electron chi connectivity index (χ1n) is 7.40. The Morgan fingerprint density at radius 1 is 1.17 bits per heavy atom. The van der Waals surface area contributed by atoms with Crippen molar-refractivity contribution in [2.45, 2.75) is 17.4 Å². The second-order valence-electron chi connectivity index (χ2n) is 5.49. The normalized spacial score (nSPS) is 21.5. The van der Waals surface area contributed by atoms with Crippen LogP contribution in [0.3, 0.4) is 0 Å². The molecule has 1 aromatic heterocycles. The highest BCUT2D eigenvalue weighted by molar-refractivity contribution is 7.89. The van der Waals surface area contributed by atoms with Crippen LogP contribution in [0.5, 0.6) is 11.5 Å². The molecule has 0 amide bonds. The van der Waals surface area contributed by atoms with Crippen LogP contribution in [0, 0.1) is 0 Å². The molecule has 23 heavy (non-hydrogen) atoms. The molecule has 0 radical (unpaired) electrons. The molecular weight excluding hydrogens is 320 g/mol. The van der Waals surface area contributed by atoms with E-state index < -0.39 is 10.0 Å². The number of aromatic nitrogens is 3. The fourth-order valence-corrected chi connectivity index (χ4v) is 4.40. The average molecular weight is 336 g/mol. The highest BCUT2D eigenvalue weighted by Gasteiger charge is 2.34. The van der Waals surface area contributed by atoms with Crippen molar-refractivity contribution in [3.63, 3.8) is 0 Å². The fourth-order valence-electron chi connectivity index (χ4n) is 2.89.